The maximum atomic E-state index is 11.9. The number of likely N-dealkylation sites (N-methyl/N-ethyl adjacent to an activating group) is 1. The van der Waals surface area contributed by atoms with Crippen molar-refractivity contribution in [1.82, 2.24) is 16.0 Å². The van der Waals surface area contributed by atoms with Crippen molar-refractivity contribution in [1.29, 1.82) is 0 Å². The lowest BCUT2D eigenvalue weighted by Crippen LogP contribution is -2.60. The van der Waals surface area contributed by atoms with Gasteiger partial charge in [0, 0.05) is 6.42 Å². The zero-order chi connectivity index (χ0) is 16.4. The number of hydrogen-bond acceptors (Lipinski definition) is 5. The Hall–Kier alpha value is -2.25. The second-order valence-electron chi connectivity index (χ2n) is 4.76. The van der Waals surface area contributed by atoms with Crippen LogP contribution in [-0.4, -0.2) is 43.9 Å². The molecule has 1 rings (SSSR count). The lowest BCUT2D eigenvalue weighted by atomic mass is 10.1. The molecule has 7 heteroatoms. The smallest absolute Gasteiger partial charge is 0.241 e. The molecule has 1 unspecified atom stereocenters. The summed E-state index contributed by atoms with van der Waals surface area (Å²) in [6.45, 7) is -0.0916. The maximum Gasteiger partial charge on any atom is 0.241 e. The molecule has 120 valence electrons. The third-order valence-electron chi connectivity index (χ3n) is 3.12. The van der Waals surface area contributed by atoms with Crippen molar-refractivity contribution in [3.05, 3.63) is 35.9 Å². The molecule has 0 heterocycles. The molecule has 1 aromatic carbocycles. The molecule has 0 saturated carbocycles. The van der Waals surface area contributed by atoms with Crippen molar-refractivity contribution in [3.63, 3.8) is 0 Å². The van der Waals surface area contributed by atoms with Crippen molar-refractivity contribution in [2.75, 3.05) is 13.6 Å². The summed E-state index contributed by atoms with van der Waals surface area (Å²) >= 11 is 0. The SMILES string of the molecule is CNC(C(=O)NCC=O)[C@@H](N)NC(=O)CCc1ccccc1. The van der Waals surface area contributed by atoms with Crippen LogP contribution in [0, 0.1) is 0 Å². The van der Waals surface area contributed by atoms with E-state index in [-0.39, 0.29) is 18.9 Å². The van der Waals surface area contributed by atoms with E-state index in [9.17, 15) is 14.4 Å². The van der Waals surface area contributed by atoms with Crippen molar-refractivity contribution < 1.29 is 14.4 Å². The predicted molar refractivity (Wildman–Crippen MR) is 82.8 cm³/mol. The van der Waals surface area contributed by atoms with Gasteiger partial charge in [0.1, 0.15) is 18.5 Å². The largest absolute Gasteiger partial charge is 0.348 e. The molecule has 7 nitrogen and oxygen atoms in total. The summed E-state index contributed by atoms with van der Waals surface area (Å²) in [4.78, 5) is 33.9. The average Bonchev–Trinajstić information content (AvgIpc) is 2.52. The number of aryl methyl sites for hydroxylation is 1. The molecular weight excluding hydrogens is 284 g/mol. The van der Waals surface area contributed by atoms with Gasteiger partial charge in [-0.3, -0.25) is 9.59 Å². The quantitative estimate of drug-likeness (QED) is 0.342. The Kier molecular flexibility index (Phi) is 7.80. The van der Waals surface area contributed by atoms with Gasteiger partial charge in [0.15, 0.2) is 0 Å². The van der Waals surface area contributed by atoms with E-state index in [1.54, 1.807) is 7.05 Å². The van der Waals surface area contributed by atoms with Crippen molar-refractivity contribution in [2.24, 2.45) is 5.73 Å². The molecule has 0 radical (unpaired) electrons. The van der Waals surface area contributed by atoms with E-state index in [0.29, 0.717) is 12.7 Å². The van der Waals surface area contributed by atoms with Crippen LogP contribution in [0.1, 0.15) is 12.0 Å². The van der Waals surface area contributed by atoms with Gasteiger partial charge < -0.3 is 26.5 Å². The molecule has 22 heavy (non-hydrogen) atoms. The highest BCUT2D eigenvalue weighted by Gasteiger charge is 2.24. The second kappa shape index (κ2) is 9.64. The van der Waals surface area contributed by atoms with Crippen molar-refractivity contribution >= 4 is 18.1 Å². The topological polar surface area (TPSA) is 113 Å². The highest BCUT2D eigenvalue weighted by molar-refractivity contribution is 5.85. The molecule has 2 atom stereocenters. The number of hydrogen-bond donors (Lipinski definition) is 4. The summed E-state index contributed by atoms with van der Waals surface area (Å²) < 4.78 is 0. The lowest BCUT2D eigenvalue weighted by Gasteiger charge is -2.23. The van der Waals surface area contributed by atoms with Gasteiger partial charge in [-0.25, -0.2) is 0 Å². The fourth-order valence-electron chi connectivity index (χ4n) is 1.97. The van der Waals surface area contributed by atoms with E-state index in [1.165, 1.54) is 0 Å². The van der Waals surface area contributed by atoms with E-state index in [2.05, 4.69) is 16.0 Å². The molecule has 0 aromatic heterocycles. The number of rotatable bonds is 9. The van der Waals surface area contributed by atoms with E-state index >= 15 is 0 Å². The van der Waals surface area contributed by atoms with Gasteiger partial charge in [-0.05, 0) is 19.0 Å². The van der Waals surface area contributed by atoms with Gasteiger partial charge >= 0.3 is 0 Å². The summed E-state index contributed by atoms with van der Waals surface area (Å²) in [5, 5.41) is 7.70. The number of carbonyl (C=O) groups excluding carboxylic acids is 3. The Balaban J connectivity index is 2.44. The zero-order valence-electron chi connectivity index (χ0n) is 12.5. The summed E-state index contributed by atoms with van der Waals surface area (Å²) in [5.74, 6) is -0.676. The normalized spacial score (nSPS) is 13.0. The Morgan fingerprint density at radius 1 is 1.27 bits per heavy atom. The minimum Gasteiger partial charge on any atom is -0.348 e. The maximum absolute atomic E-state index is 11.9. The van der Waals surface area contributed by atoms with Crippen molar-refractivity contribution in [3.8, 4) is 0 Å². The first kappa shape index (κ1) is 17.8. The number of amides is 2. The zero-order valence-corrected chi connectivity index (χ0v) is 12.5. The van der Waals surface area contributed by atoms with Gasteiger partial charge in [0.25, 0.3) is 0 Å². The van der Waals surface area contributed by atoms with Gasteiger partial charge in [0.05, 0.1) is 6.54 Å². The standard InChI is InChI=1S/C15H22N4O3/c1-17-13(15(22)18-9-10-20)14(16)19-12(21)8-7-11-5-3-2-4-6-11/h2-6,10,13-14,17H,7-9,16H2,1H3,(H,18,22)(H,19,21)/t13?,14-/m0/s1. The third-order valence-corrected chi connectivity index (χ3v) is 3.12. The minimum atomic E-state index is -0.875. The third kappa shape index (κ3) is 6.02. The fourth-order valence-corrected chi connectivity index (χ4v) is 1.97. The van der Waals surface area contributed by atoms with Crippen LogP contribution in [0.2, 0.25) is 0 Å². The van der Waals surface area contributed by atoms with Crippen LogP contribution >= 0.6 is 0 Å². The summed E-state index contributed by atoms with van der Waals surface area (Å²) in [5.41, 5.74) is 6.88. The molecule has 0 saturated heterocycles. The molecule has 0 spiro atoms. The summed E-state index contributed by atoms with van der Waals surface area (Å²) in [6.07, 6.45) is 0.583. The van der Waals surface area contributed by atoms with Gasteiger partial charge in [0.2, 0.25) is 11.8 Å². The average molecular weight is 306 g/mol. The van der Waals surface area contributed by atoms with Crippen LogP contribution < -0.4 is 21.7 Å². The van der Waals surface area contributed by atoms with Crippen LogP contribution in [0.3, 0.4) is 0 Å². The molecule has 0 aliphatic rings. The van der Waals surface area contributed by atoms with Crippen LogP contribution in [-0.2, 0) is 20.8 Å². The van der Waals surface area contributed by atoms with Gasteiger partial charge in [-0.1, -0.05) is 30.3 Å². The highest BCUT2D eigenvalue weighted by atomic mass is 16.2. The van der Waals surface area contributed by atoms with Gasteiger partial charge in [-0.2, -0.15) is 0 Å². The number of benzene rings is 1. The molecular formula is C15H22N4O3. The Bertz CT molecular complexity index is 493. The number of carbonyl (C=O) groups is 3. The van der Waals surface area contributed by atoms with E-state index < -0.39 is 18.1 Å². The minimum absolute atomic E-state index is 0.0916. The summed E-state index contributed by atoms with van der Waals surface area (Å²) in [7, 11) is 1.56. The van der Waals surface area contributed by atoms with Crippen LogP contribution in [0.15, 0.2) is 30.3 Å². The van der Waals surface area contributed by atoms with Crippen molar-refractivity contribution in [2.45, 2.75) is 25.0 Å². The fraction of sp³-hybridized carbons (Fsp3) is 0.400. The van der Waals surface area contributed by atoms with E-state index in [0.717, 1.165) is 5.56 Å². The van der Waals surface area contributed by atoms with E-state index in [4.69, 9.17) is 5.73 Å². The van der Waals surface area contributed by atoms with Crippen LogP contribution in [0.4, 0.5) is 0 Å². The second-order valence-corrected chi connectivity index (χ2v) is 4.76. The van der Waals surface area contributed by atoms with Gasteiger partial charge in [-0.15, -0.1) is 0 Å². The first-order chi connectivity index (χ1) is 10.6. The first-order valence-corrected chi connectivity index (χ1v) is 7.06. The Morgan fingerprint density at radius 3 is 2.55 bits per heavy atom. The number of aldehydes is 1. The molecule has 1 aromatic rings. The van der Waals surface area contributed by atoms with Crippen LogP contribution in [0.25, 0.3) is 0 Å². The monoisotopic (exact) mass is 306 g/mol. The predicted octanol–water partition coefficient (Wildman–Crippen LogP) is -1.08. The lowest BCUT2D eigenvalue weighted by molar-refractivity contribution is -0.126. The molecule has 0 fully saturated rings. The Labute approximate surface area is 129 Å². The molecule has 5 N–H and O–H groups in total. The Morgan fingerprint density at radius 2 is 1.95 bits per heavy atom. The molecule has 0 bridgehead atoms. The van der Waals surface area contributed by atoms with Crippen LogP contribution in [0.5, 0.6) is 0 Å². The van der Waals surface area contributed by atoms with E-state index in [1.807, 2.05) is 30.3 Å². The molecule has 0 aliphatic heterocycles. The highest BCUT2D eigenvalue weighted by Crippen LogP contribution is 2.02. The summed E-state index contributed by atoms with van der Waals surface area (Å²) in [6, 6.07) is 8.81. The molecule has 2 amide bonds. The number of nitrogens with one attached hydrogen (secondary N) is 3. The first-order valence-electron chi connectivity index (χ1n) is 7.06. The molecule has 0 aliphatic carbocycles. The number of nitrogens with two attached hydrogens (primary N) is 1.